The quantitative estimate of drug-likeness (QED) is 0.515. The number of anilines is 1. The fourth-order valence-electron chi connectivity index (χ4n) is 2.74. The average molecular weight is 361 g/mol. The molecule has 8 heteroatoms. The van der Waals surface area contributed by atoms with Gasteiger partial charge >= 0.3 is 0 Å². The Morgan fingerprint density at radius 2 is 1.85 bits per heavy atom. The van der Waals surface area contributed by atoms with Crippen molar-refractivity contribution in [3.63, 3.8) is 0 Å². The first-order valence-corrected chi connectivity index (χ1v) is 8.77. The Balaban J connectivity index is 1.47. The SMILES string of the molecule is NCCc1nc(NCCc2nc(-c3ccccn3)no2)c2ccccc2n1. The van der Waals surface area contributed by atoms with Crippen molar-refractivity contribution in [3.05, 3.63) is 60.4 Å². The number of nitrogens with one attached hydrogen (secondary N) is 1. The van der Waals surface area contributed by atoms with Crippen LogP contribution < -0.4 is 11.1 Å². The number of para-hydroxylation sites is 1. The molecule has 0 aliphatic carbocycles. The molecule has 0 saturated heterocycles. The van der Waals surface area contributed by atoms with Crippen molar-refractivity contribution in [1.29, 1.82) is 0 Å². The molecular weight excluding hydrogens is 342 g/mol. The largest absolute Gasteiger partial charge is 0.369 e. The number of hydrogen-bond donors (Lipinski definition) is 2. The highest BCUT2D eigenvalue weighted by Gasteiger charge is 2.10. The van der Waals surface area contributed by atoms with Crippen molar-refractivity contribution in [1.82, 2.24) is 25.1 Å². The van der Waals surface area contributed by atoms with E-state index in [1.165, 1.54) is 0 Å². The summed E-state index contributed by atoms with van der Waals surface area (Å²) in [4.78, 5) is 17.8. The van der Waals surface area contributed by atoms with Gasteiger partial charge in [0.2, 0.25) is 11.7 Å². The molecule has 1 aromatic carbocycles. The number of rotatable bonds is 7. The summed E-state index contributed by atoms with van der Waals surface area (Å²) in [7, 11) is 0. The van der Waals surface area contributed by atoms with E-state index < -0.39 is 0 Å². The first-order chi connectivity index (χ1) is 13.3. The fourth-order valence-corrected chi connectivity index (χ4v) is 2.74. The predicted molar refractivity (Wildman–Crippen MR) is 102 cm³/mol. The van der Waals surface area contributed by atoms with Crippen molar-refractivity contribution < 1.29 is 4.52 Å². The highest BCUT2D eigenvalue weighted by molar-refractivity contribution is 5.88. The third-order valence-electron chi connectivity index (χ3n) is 4.01. The van der Waals surface area contributed by atoms with Crippen LogP contribution in [0.2, 0.25) is 0 Å². The highest BCUT2D eigenvalue weighted by atomic mass is 16.5. The monoisotopic (exact) mass is 361 g/mol. The molecule has 4 rings (SSSR count). The molecule has 4 aromatic rings. The summed E-state index contributed by atoms with van der Waals surface area (Å²) in [5.74, 6) is 2.55. The van der Waals surface area contributed by atoms with Crippen molar-refractivity contribution in [2.24, 2.45) is 5.73 Å². The van der Waals surface area contributed by atoms with Crippen LogP contribution in [0.5, 0.6) is 0 Å². The normalized spacial score (nSPS) is 11.0. The lowest BCUT2D eigenvalue weighted by Crippen LogP contribution is -2.11. The fraction of sp³-hybridized carbons (Fsp3) is 0.211. The van der Waals surface area contributed by atoms with Crippen molar-refractivity contribution >= 4 is 16.7 Å². The second-order valence-corrected chi connectivity index (χ2v) is 5.95. The smallest absolute Gasteiger partial charge is 0.228 e. The molecule has 3 N–H and O–H groups in total. The van der Waals surface area contributed by atoms with E-state index in [1.54, 1.807) is 6.20 Å². The predicted octanol–water partition coefficient (Wildman–Crippen LogP) is 2.23. The topological polar surface area (TPSA) is 116 Å². The number of nitrogens with two attached hydrogens (primary N) is 1. The van der Waals surface area contributed by atoms with Crippen molar-refractivity contribution in [3.8, 4) is 11.5 Å². The Labute approximate surface area is 155 Å². The lowest BCUT2D eigenvalue weighted by molar-refractivity contribution is 0.381. The maximum atomic E-state index is 5.65. The van der Waals surface area contributed by atoms with Crippen LogP contribution in [0.25, 0.3) is 22.4 Å². The molecule has 3 heterocycles. The van der Waals surface area contributed by atoms with E-state index in [1.807, 2.05) is 42.5 Å². The number of hydrogen-bond acceptors (Lipinski definition) is 8. The highest BCUT2D eigenvalue weighted by Crippen LogP contribution is 2.20. The van der Waals surface area contributed by atoms with Gasteiger partial charge in [-0.15, -0.1) is 0 Å². The first kappa shape index (κ1) is 17.0. The minimum atomic E-state index is 0.489. The van der Waals surface area contributed by atoms with Gasteiger partial charge in [0.15, 0.2) is 0 Å². The number of benzene rings is 1. The zero-order valence-corrected chi connectivity index (χ0v) is 14.7. The zero-order valence-electron chi connectivity index (χ0n) is 14.7. The number of nitrogens with zero attached hydrogens (tertiary/aromatic N) is 5. The number of fused-ring (bicyclic) bond motifs is 1. The lowest BCUT2D eigenvalue weighted by Gasteiger charge is -2.09. The molecule has 0 amide bonds. The first-order valence-electron chi connectivity index (χ1n) is 8.77. The van der Waals surface area contributed by atoms with E-state index in [0.29, 0.717) is 43.3 Å². The van der Waals surface area contributed by atoms with Gasteiger partial charge < -0.3 is 15.6 Å². The molecule has 136 valence electrons. The van der Waals surface area contributed by atoms with Gasteiger partial charge in [-0.1, -0.05) is 23.4 Å². The molecule has 0 unspecified atom stereocenters. The third kappa shape index (κ3) is 3.90. The van der Waals surface area contributed by atoms with Gasteiger partial charge in [-0.25, -0.2) is 9.97 Å². The molecule has 0 fully saturated rings. The van der Waals surface area contributed by atoms with Crippen LogP contribution >= 0.6 is 0 Å². The second-order valence-electron chi connectivity index (χ2n) is 5.95. The summed E-state index contributed by atoms with van der Waals surface area (Å²) in [6, 6.07) is 13.5. The van der Waals surface area contributed by atoms with Crippen LogP contribution in [0.4, 0.5) is 5.82 Å². The molecule has 3 aromatic heterocycles. The Morgan fingerprint density at radius 1 is 0.963 bits per heavy atom. The third-order valence-corrected chi connectivity index (χ3v) is 4.01. The van der Waals surface area contributed by atoms with E-state index in [0.717, 1.165) is 22.5 Å². The molecule has 0 saturated carbocycles. The minimum Gasteiger partial charge on any atom is -0.369 e. The number of pyridine rings is 1. The van der Waals surface area contributed by atoms with Gasteiger partial charge in [0.1, 0.15) is 17.3 Å². The van der Waals surface area contributed by atoms with Crippen molar-refractivity contribution in [2.45, 2.75) is 12.8 Å². The molecule has 0 bridgehead atoms. The van der Waals surface area contributed by atoms with Crippen LogP contribution in [0, 0.1) is 0 Å². The van der Waals surface area contributed by atoms with Gasteiger partial charge in [0, 0.05) is 31.0 Å². The van der Waals surface area contributed by atoms with Crippen LogP contribution in [0.3, 0.4) is 0 Å². The molecule has 0 spiro atoms. The Hall–Kier alpha value is -3.39. The Morgan fingerprint density at radius 3 is 2.70 bits per heavy atom. The molecule has 0 aliphatic heterocycles. The average Bonchev–Trinajstić information content (AvgIpc) is 3.18. The van der Waals surface area contributed by atoms with E-state index in [2.05, 4.69) is 30.4 Å². The van der Waals surface area contributed by atoms with Crippen molar-refractivity contribution in [2.75, 3.05) is 18.4 Å². The van der Waals surface area contributed by atoms with Crippen LogP contribution in [-0.4, -0.2) is 38.2 Å². The molecular formula is C19H19N7O. The summed E-state index contributed by atoms with van der Waals surface area (Å²) in [5.41, 5.74) is 7.23. The molecule has 27 heavy (non-hydrogen) atoms. The summed E-state index contributed by atoms with van der Waals surface area (Å²) in [6.07, 6.45) is 2.91. The molecule has 0 radical (unpaired) electrons. The van der Waals surface area contributed by atoms with Crippen LogP contribution in [-0.2, 0) is 12.8 Å². The van der Waals surface area contributed by atoms with E-state index in [9.17, 15) is 0 Å². The maximum absolute atomic E-state index is 5.65. The van der Waals surface area contributed by atoms with Gasteiger partial charge in [0.25, 0.3) is 0 Å². The van der Waals surface area contributed by atoms with E-state index >= 15 is 0 Å². The zero-order chi connectivity index (χ0) is 18.5. The summed E-state index contributed by atoms with van der Waals surface area (Å²) >= 11 is 0. The van der Waals surface area contributed by atoms with Gasteiger partial charge in [-0.3, -0.25) is 4.98 Å². The molecule has 0 atom stereocenters. The van der Waals surface area contributed by atoms with E-state index in [-0.39, 0.29) is 0 Å². The summed E-state index contributed by atoms with van der Waals surface area (Å²) in [6.45, 7) is 1.11. The number of aromatic nitrogens is 5. The summed E-state index contributed by atoms with van der Waals surface area (Å²) in [5, 5.41) is 8.30. The molecule has 8 nitrogen and oxygen atoms in total. The Bertz CT molecular complexity index is 1030. The summed E-state index contributed by atoms with van der Waals surface area (Å²) < 4.78 is 5.32. The standard InChI is InChI=1S/C19H19N7O/c20-10-8-16-23-14-6-2-1-5-13(14)18(24-16)22-12-9-17-25-19(26-27-17)15-7-3-4-11-21-15/h1-7,11H,8-10,12,20H2,(H,22,23,24). The second kappa shape index (κ2) is 7.88. The molecule has 0 aliphatic rings. The van der Waals surface area contributed by atoms with E-state index in [4.69, 9.17) is 10.3 Å². The lowest BCUT2D eigenvalue weighted by atomic mass is 10.2. The van der Waals surface area contributed by atoms with Gasteiger partial charge in [-0.05, 0) is 30.8 Å². The minimum absolute atomic E-state index is 0.489. The van der Waals surface area contributed by atoms with Gasteiger partial charge in [-0.2, -0.15) is 4.98 Å². The maximum Gasteiger partial charge on any atom is 0.228 e. The van der Waals surface area contributed by atoms with Crippen LogP contribution in [0.15, 0.2) is 53.2 Å². The Kier molecular flexibility index (Phi) is 4.97. The van der Waals surface area contributed by atoms with Crippen LogP contribution in [0.1, 0.15) is 11.7 Å². The van der Waals surface area contributed by atoms with Gasteiger partial charge in [0.05, 0.1) is 5.52 Å².